The van der Waals surface area contributed by atoms with Gasteiger partial charge in [0, 0.05) is 19.6 Å². The van der Waals surface area contributed by atoms with Gasteiger partial charge in [0.1, 0.15) is 6.04 Å². The summed E-state index contributed by atoms with van der Waals surface area (Å²) in [6.45, 7) is 4.76. The van der Waals surface area contributed by atoms with E-state index in [1.807, 2.05) is 18.9 Å². The van der Waals surface area contributed by atoms with Crippen molar-refractivity contribution in [2.24, 2.45) is 5.92 Å². The molecule has 0 aromatic rings. The number of amides is 1. The summed E-state index contributed by atoms with van der Waals surface area (Å²) in [5, 5.41) is 3.14. The lowest BCUT2D eigenvalue weighted by atomic mass is 10.1. The van der Waals surface area contributed by atoms with Crippen molar-refractivity contribution in [2.75, 3.05) is 39.0 Å². The van der Waals surface area contributed by atoms with E-state index >= 15 is 0 Å². The first-order chi connectivity index (χ1) is 9.99. The lowest BCUT2D eigenvalue weighted by Crippen LogP contribution is -2.47. The topological polar surface area (TPSA) is 69.7 Å². The molecule has 2 unspecified atom stereocenters. The standard InChI is InChI=1S/C14H27N3O3S/c1-3-9-21(19,20)17-7-4-5-13(17)14(18)16-8-6-12(11-16)10-15-2/h12-13,15H,3-11H2,1-2H3. The summed E-state index contributed by atoms with van der Waals surface area (Å²) in [5.74, 6) is 0.630. The zero-order chi connectivity index (χ0) is 15.5. The van der Waals surface area contributed by atoms with Crippen LogP contribution in [0.25, 0.3) is 0 Å². The van der Waals surface area contributed by atoms with E-state index in [0.717, 1.165) is 32.5 Å². The number of carbonyl (C=O) groups is 1. The Morgan fingerprint density at radius 1 is 1.29 bits per heavy atom. The lowest BCUT2D eigenvalue weighted by Gasteiger charge is -2.27. The Labute approximate surface area is 127 Å². The zero-order valence-corrected chi connectivity index (χ0v) is 13.9. The van der Waals surface area contributed by atoms with Crippen LogP contribution in [0.1, 0.15) is 32.6 Å². The van der Waals surface area contributed by atoms with Crippen LogP contribution in [0.2, 0.25) is 0 Å². The Kier molecular flexibility index (Phi) is 5.62. The Morgan fingerprint density at radius 2 is 2.05 bits per heavy atom. The summed E-state index contributed by atoms with van der Waals surface area (Å²) in [4.78, 5) is 14.5. The van der Waals surface area contributed by atoms with E-state index in [0.29, 0.717) is 25.3 Å². The second-order valence-corrected chi connectivity index (χ2v) is 8.12. The van der Waals surface area contributed by atoms with Gasteiger partial charge in [0.25, 0.3) is 0 Å². The molecule has 2 heterocycles. The van der Waals surface area contributed by atoms with Gasteiger partial charge in [-0.2, -0.15) is 4.31 Å². The molecule has 2 saturated heterocycles. The lowest BCUT2D eigenvalue weighted by molar-refractivity contribution is -0.133. The molecule has 0 aliphatic carbocycles. The molecule has 7 heteroatoms. The molecule has 122 valence electrons. The van der Waals surface area contributed by atoms with Crippen molar-refractivity contribution in [3.63, 3.8) is 0 Å². The highest BCUT2D eigenvalue weighted by Crippen LogP contribution is 2.26. The van der Waals surface area contributed by atoms with Crippen LogP contribution in [-0.4, -0.2) is 68.6 Å². The maximum atomic E-state index is 12.7. The predicted octanol–water partition coefficient (Wildman–Crippen LogP) is 0.259. The van der Waals surface area contributed by atoms with Crippen LogP contribution in [0.5, 0.6) is 0 Å². The van der Waals surface area contributed by atoms with Gasteiger partial charge in [-0.1, -0.05) is 6.92 Å². The van der Waals surface area contributed by atoms with Crippen molar-refractivity contribution in [3.05, 3.63) is 0 Å². The van der Waals surface area contributed by atoms with Gasteiger partial charge in [-0.15, -0.1) is 0 Å². The number of nitrogens with zero attached hydrogens (tertiary/aromatic N) is 2. The maximum Gasteiger partial charge on any atom is 0.241 e. The molecule has 1 amide bonds. The molecule has 0 radical (unpaired) electrons. The molecule has 2 rings (SSSR count). The highest BCUT2D eigenvalue weighted by Gasteiger charge is 2.41. The fourth-order valence-electron chi connectivity index (χ4n) is 3.39. The summed E-state index contributed by atoms with van der Waals surface area (Å²) in [6, 6.07) is -0.463. The van der Waals surface area contributed by atoms with Crippen LogP contribution < -0.4 is 5.32 Å². The highest BCUT2D eigenvalue weighted by atomic mass is 32.2. The van der Waals surface area contributed by atoms with Gasteiger partial charge in [0.2, 0.25) is 15.9 Å². The number of rotatable bonds is 6. The molecular formula is C14H27N3O3S. The normalized spacial score (nSPS) is 27.4. The van der Waals surface area contributed by atoms with Gasteiger partial charge in [0.05, 0.1) is 5.75 Å². The van der Waals surface area contributed by atoms with E-state index in [1.54, 1.807) is 0 Å². The average molecular weight is 317 g/mol. The molecule has 2 aliphatic heterocycles. The molecular weight excluding hydrogens is 290 g/mol. The molecule has 6 nitrogen and oxygen atoms in total. The number of likely N-dealkylation sites (tertiary alicyclic amines) is 1. The van der Waals surface area contributed by atoms with Gasteiger partial charge in [-0.25, -0.2) is 8.42 Å². The van der Waals surface area contributed by atoms with Crippen LogP contribution in [0.4, 0.5) is 0 Å². The Morgan fingerprint density at radius 3 is 2.71 bits per heavy atom. The minimum absolute atomic E-state index is 0.00535. The fraction of sp³-hybridized carbons (Fsp3) is 0.929. The van der Waals surface area contributed by atoms with E-state index in [9.17, 15) is 13.2 Å². The number of carbonyl (C=O) groups excluding carboxylic acids is 1. The van der Waals surface area contributed by atoms with Gasteiger partial charge in [0.15, 0.2) is 0 Å². The van der Waals surface area contributed by atoms with Crippen LogP contribution in [0.3, 0.4) is 0 Å². The first-order valence-electron chi connectivity index (χ1n) is 7.92. The Hall–Kier alpha value is -0.660. The molecule has 2 atom stereocenters. The van der Waals surface area contributed by atoms with Gasteiger partial charge >= 0.3 is 0 Å². The van der Waals surface area contributed by atoms with Crippen molar-refractivity contribution < 1.29 is 13.2 Å². The van der Waals surface area contributed by atoms with Crippen molar-refractivity contribution in [3.8, 4) is 0 Å². The van der Waals surface area contributed by atoms with Crippen LogP contribution >= 0.6 is 0 Å². The number of hydrogen-bond donors (Lipinski definition) is 1. The van der Waals surface area contributed by atoms with E-state index in [4.69, 9.17) is 0 Å². The molecule has 0 aromatic heterocycles. The van der Waals surface area contributed by atoms with Gasteiger partial charge in [-0.3, -0.25) is 4.79 Å². The molecule has 0 spiro atoms. The second kappa shape index (κ2) is 7.07. The molecule has 2 aliphatic rings. The predicted molar refractivity (Wildman–Crippen MR) is 82.4 cm³/mol. The smallest absolute Gasteiger partial charge is 0.241 e. The van der Waals surface area contributed by atoms with E-state index < -0.39 is 16.1 Å². The molecule has 0 bridgehead atoms. The molecule has 0 saturated carbocycles. The number of sulfonamides is 1. The second-order valence-electron chi connectivity index (χ2n) is 6.08. The summed E-state index contributed by atoms with van der Waals surface area (Å²) in [7, 11) is -1.37. The van der Waals surface area contributed by atoms with E-state index in [1.165, 1.54) is 4.31 Å². The molecule has 2 fully saturated rings. The summed E-state index contributed by atoms with van der Waals surface area (Å²) < 4.78 is 26.0. The maximum absolute atomic E-state index is 12.7. The van der Waals surface area contributed by atoms with E-state index in [-0.39, 0.29) is 11.7 Å². The van der Waals surface area contributed by atoms with Crippen LogP contribution in [0, 0.1) is 5.92 Å². The van der Waals surface area contributed by atoms with Crippen LogP contribution in [0.15, 0.2) is 0 Å². The van der Waals surface area contributed by atoms with Crippen LogP contribution in [-0.2, 0) is 14.8 Å². The monoisotopic (exact) mass is 317 g/mol. The number of nitrogens with one attached hydrogen (secondary N) is 1. The van der Waals surface area contributed by atoms with Crippen molar-refractivity contribution in [1.82, 2.24) is 14.5 Å². The Balaban J connectivity index is 2.02. The minimum Gasteiger partial charge on any atom is -0.341 e. The van der Waals surface area contributed by atoms with Crippen molar-refractivity contribution in [2.45, 2.75) is 38.6 Å². The third-order valence-corrected chi connectivity index (χ3v) is 6.47. The van der Waals surface area contributed by atoms with E-state index in [2.05, 4.69) is 5.32 Å². The summed E-state index contributed by atoms with van der Waals surface area (Å²) in [6.07, 6.45) is 3.04. The number of hydrogen-bond acceptors (Lipinski definition) is 4. The summed E-state index contributed by atoms with van der Waals surface area (Å²) in [5.41, 5.74) is 0. The third kappa shape index (κ3) is 3.76. The van der Waals surface area contributed by atoms with Gasteiger partial charge < -0.3 is 10.2 Å². The SMILES string of the molecule is CCCS(=O)(=O)N1CCCC1C(=O)N1CCC(CNC)C1. The molecule has 21 heavy (non-hydrogen) atoms. The quantitative estimate of drug-likeness (QED) is 0.763. The largest absolute Gasteiger partial charge is 0.341 e. The zero-order valence-electron chi connectivity index (χ0n) is 13.0. The minimum atomic E-state index is -3.28. The highest BCUT2D eigenvalue weighted by molar-refractivity contribution is 7.89. The van der Waals surface area contributed by atoms with Crippen molar-refractivity contribution >= 4 is 15.9 Å². The van der Waals surface area contributed by atoms with Gasteiger partial charge in [-0.05, 0) is 45.2 Å². The summed E-state index contributed by atoms with van der Waals surface area (Å²) >= 11 is 0. The molecule has 0 aromatic carbocycles. The first-order valence-corrected chi connectivity index (χ1v) is 9.53. The fourth-order valence-corrected chi connectivity index (χ4v) is 5.13. The average Bonchev–Trinajstić information content (AvgIpc) is 3.07. The Bertz CT molecular complexity index is 466. The molecule has 1 N–H and O–H groups in total. The van der Waals surface area contributed by atoms with Crippen molar-refractivity contribution in [1.29, 1.82) is 0 Å². The third-order valence-electron chi connectivity index (χ3n) is 4.40. The first kappa shape index (κ1) is 16.7.